The zero-order valence-corrected chi connectivity index (χ0v) is 25.8. The molecule has 14 heteroatoms. The van der Waals surface area contributed by atoms with E-state index in [4.69, 9.17) is 9.47 Å². The Morgan fingerprint density at radius 2 is 1.59 bits per heavy atom. The Kier molecular flexibility index (Phi) is 10.7. The van der Waals surface area contributed by atoms with E-state index >= 15 is 0 Å². The number of carboxylic acid groups (broad SMARTS) is 1. The van der Waals surface area contributed by atoms with E-state index in [1.807, 2.05) is 0 Å². The van der Waals surface area contributed by atoms with Gasteiger partial charge < -0.3 is 29.7 Å². The van der Waals surface area contributed by atoms with Crippen molar-refractivity contribution >= 4 is 29.7 Å². The summed E-state index contributed by atoms with van der Waals surface area (Å²) < 4.78 is 25.5. The predicted molar refractivity (Wildman–Crippen MR) is 162 cm³/mol. The van der Waals surface area contributed by atoms with Gasteiger partial charge in [0, 0.05) is 44.1 Å². The van der Waals surface area contributed by atoms with Crippen LogP contribution in [0.1, 0.15) is 44.1 Å². The molecule has 1 unspecified atom stereocenters. The van der Waals surface area contributed by atoms with Gasteiger partial charge in [0.15, 0.2) is 11.5 Å². The number of hydrogen-bond acceptors (Lipinski definition) is 8. The van der Waals surface area contributed by atoms with Crippen molar-refractivity contribution in [2.45, 2.75) is 39.7 Å². The predicted octanol–water partition coefficient (Wildman–Crippen LogP) is 3.31. The maximum absolute atomic E-state index is 13.5. The summed E-state index contributed by atoms with van der Waals surface area (Å²) in [4.78, 5) is 66.2. The molecule has 0 saturated carbocycles. The fourth-order valence-electron chi connectivity index (χ4n) is 4.44. The number of nitrogens with zero attached hydrogens (tertiary/aromatic N) is 4. The van der Waals surface area contributed by atoms with Crippen molar-refractivity contribution in [2.24, 2.45) is 5.41 Å². The number of hydrogen-bond donors (Lipinski definition) is 2. The topological polar surface area (TPSA) is 160 Å². The van der Waals surface area contributed by atoms with Gasteiger partial charge in [-0.05, 0) is 42.8 Å². The van der Waals surface area contributed by atoms with Gasteiger partial charge in [0.05, 0.1) is 5.69 Å². The van der Waals surface area contributed by atoms with Crippen molar-refractivity contribution in [1.82, 2.24) is 24.9 Å². The van der Waals surface area contributed by atoms with Crippen LogP contribution in [0.5, 0.6) is 11.6 Å². The molecule has 4 rings (SSSR count). The van der Waals surface area contributed by atoms with Crippen molar-refractivity contribution in [3.05, 3.63) is 72.2 Å². The highest BCUT2D eigenvalue weighted by Gasteiger charge is 2.32. The molecule has 1 atom stereocenters. The molecular formula is C32H36FN5O8. The highest BCUT2D eigenvalue weighted by molar-refractivity contribution is 5.96. The third-order valence-corrected chi connectivity index (χ3v) is 7.22. The van der Waals surface area contributed by atoms with Crippen molar-refractivity contribution in [3.8, 4) is 17.3 Å². The molecule has 2 N–H and O–H groups in total. The summed E-state index contributed by atoms with van der Waals surface area (Å²) in [5.74, 6) is -2.74. The maximum Gasteiger partial charge on any atom is 0.415 e. The van der Waals surface area contributed by atoms with Crippen LogP contribution in [0.2, 0.25) is 0 Å². The quantitative estimate of drug-likeness (QED) is 0.322. The number of Topliss-reactive ketones (excluding diaryl/α,β-unsaturated/α-hetero) is 1. The molecule has 0 radical (unpaired) electrons. The second-order valence-electron chi connectivity index (χ2n) is 11.7. The summed E-state index contributed by atoms with van der Waals surface area (Å²) in [6.07, 6.45) is -1.23. The lowest BCUT2D eigenvalue weighted by atomic mass is 9.91. The van der Waals surface area contributed by atoms with Gasteiger partial charge in [-0.2, -0.15) is 5.10 Å². The zero-order valence-electron chi connectivity index (χ0n) is 25.8. The number of amides is 3. The highest BCUT2D eigenvalue weighted by Crippen LogP contribution is 2.22. The number of aromatic nitrogens is 2. The van der Waals surface area contributed by atoms with E-state index in [1.165, 1.54) is 44.8 Å². The van der Waals surface area contributed by atoms with Crippen LogP contribution in [0.3, 0.4) is 0 Å². The summed E-state index contributed by atoms with van der Waals surface area (Å²) >= 11 is 0. The normalized spacial score (nSPS) is 13.9. The number of aliphatic carboxylic acids is 1. The average molecular weight is 638 g/mol. The first kappa shape index (κ1) is 33.6. The average Bonchev–Trinajstić information content (AvgIpc) is 3.47. The Bertz CT molecular complexity index is 1560. The van der Waals surface area contributed by atoms with Crippen LogP contribution in [-0.2, 0) is 14.4 Å². The third kappa shape index (κ3) is 8.89. The number of carbonyl (C=O) groups is 5. The van der Waals surface area contributed by atoms with Crippen LogP contribution < -0.4 is 14.8 Å². The Hall–Kier alpha value is -5.27. The lowest BCUT2D eigenvalue weighted by Crippen LogP contribution is -2.56. The first-order chi connectivity index (χ1) is 21.8. The zero-order chi connectivity index (χ0) is 33.4. The fourth-order valence-corrected chi connectivity index (χ4v) is 4.44. The molecule has 1 aliphatic rings. The minimum atomic E-state index is -1.20. The van der Waals surface area contributed by atoms with E-state index in [-0.39, 0.29) is 68.7 Å². The molecule has 3 aromatic rings. The lowest BCUT2D eigenvalue weighted by molar-refractivity contribution is -0.138. The van der Waals surface area contributed by atoms with Crippen LogP contribution in [0, 0.1) is 11.2 Å². The Labute approximate surface area is 264 Å². The van der Waals surface area contributed by atoms with E-state index in [9.17, 15) is 33.5 Å². The Morgan fingerprint density at radius 1 is 0.957 bits per heavy atom. The summed E-state index contributed by atoms with van der Waals surface area (Å²) in [5.41, 5.74) is -0.193. The van der Waals surface area contributed by atoms with Gasteiger partial charge in [-0.25, -0.2) is 13.9 Å². The summed E-state index contributed by atoms with van der Waals surface area (Å²) in [6.45, 7) is 5.51. The molecule has 1 aromatic heterocycles. The van der Waals surface area contributed by atoms with Crippen molar-refractivity contribution in [2.75, 3.05) is 32.8 Å². The molecule has 1 aliphatic heterocycles. The maximum atomic E-state index is 13.5. The van der Waals surface area contributed by atoms with E-state index in [0.717, 1.165) is 0 Å². The summed E-state index contributed by atoms with van der Waals surface area (Å²) in [7, 11) is 0. The number of nitrogens with one attached hydrogen (secondary N) is 1. The van der Waals surface area contributed by atoms with E-state index < -0.39 is 41.2 Å². The first-order valence-corrected chi connectivity index (χ1v) is 14.7. The van der Waals surface area contributed by atoms with Gasteiger partial charge in [0.25, 0.3) is 5.91 Å². The standard InChI is InChI=1S/C32H36FN5O8/c1-32(2,3)26(39)20-45-27-19-25(35-38(27)22-7-5-4-6-8-22)29(42)34-24(13-14-28(40)41)30(43)36-15-17-37(18-16-36)31(44)46-23-11-9-21(33)10-12-23/h4-12,19,24H,13-18,20H2,1-3H3,(H,34,42)(H,40,41). The highest BCUT2D eigenvalue weighted by atomic mass is 19.1. The summed E-state index contributed by atoms with van der Waals surface area (Å²) in [5, 5.41) is 16.3. The number of piperazine rings is 1. The Balaban J connectivity index is 1.45. The molecule has 1 fully saturated rings. The second-order valence-corrected chi connectivity index (χ2v) is 11.7. The number of para-hydroxylation sites is 1. The largest absolute Gasteiger partial charge is 0.481 e. The number of carboxylic acids is 1. The van der Waals surface area contributed by atoms with Gasteiger partial charge in [0.2, 0.25) is 11.8 Å². The number of ether oxygens (including phenoxy) is 2. The molecular weight excluding hydrogens is 601 g/mol. The summed E-state index contributed by atoms with van der Waals surface area (Å²) in [6, 6.07) is 13.9. The van der Waals surface area contributed by atoms with Gasteiger partial charge in [-0.3, -0.25) is 19.2 Å². The van der Waals surface area contributed by atoms with Crippen molar-refractivity contribution in [1.29, 1.82) is 0 Å². The monoisotopic (exact) mass is 637 g/mol. The lowest BCUT2D eigenvalue weighted by Gasteiger charge is -2.35. The number of benzene rings is 2. The molecule has 0 spiro atoms. The van der Waals surface area contributed by atoms with E-state index in [0.29, 0.717) is 5.69 Å². The minimum Gasteiger partial charge on any atom is -0.481 e. The van der Waals surface area contributed by atoms with Gasteiger partial charge in [0.1, 0.15) is 24.2 Å². The van der Waals surface area contributed by atoms with Crippen molar-refractivity contribution in [3.63, 3.8) is 0 Å². The molecule has 0 aliphatic carbocycles. The fraction of sp³-hybridized carbons (Fsp3) is 0.375. The minimum absolute atomic E-state index is 0.108. The number of halogens is 1. The molecule has 13 nitrogen and oxygen atoms in total. The van der Waals surface area contributed by atoms with Crippen LogP contribution >= 0.6 is 0 Å². The molecule has 2 aromatic carbocycles. The van der Waals surface area contributed by atoms with Crippen LogP contribution in [-0.4, -0.2) is 93.2 Å². The second kappa shape index (κ2) is 14.7. The number of rotatable bonds is 11. The molecule has 0 bridgehead atoms. The van der Waals surface area contributed by atoms with Crippen LogP contribution in [0.4, 0.5) is 9.18 Å². The molecule has 46 heavy (non-hydrogen) atoms. The Morgan fingerprint density at radius 3 is 2.20 bits per heavy atom. The van der Waals surface area contributed by atoms with Crippen molar-refractivity contribution < 1.29 is 42.9 Å². The molecule has 244 valence electrons. The molecule has 3 amide bonds. The smallest absolute Gasteiger partial charge is 0.415 e. The van der Waals surface area contributed by atoms with E-state index in [1.54, 1.807) is 51.1 Å². The number of ketones is 1. The third-order valence-electron chi connectivity index (χ3n) is 7.22. The van der Waals surface area contributed by atoms with Gasteiger partial charge in [-0.15, -0.1) is 0 Å². The van der Waals surface area contributed by atoms with Crippen LogP contribution in [0.25, 0.3) is 5.69 Å². The first-order valence-electron chi connectivity index (χ1n) is 14.7. The van der Waals surface area contributed by atoms with Gasteiger partial charge >= 0.3 is 12.1 Å². The van der Waals surface area contributed by atoms with Crippen LogP contribution in [0.15, 0.2) is 60.7 Å². The van der Waals surface area contributed by atoms with E-state index in [2.05, 4.69) is 10.4 Å². The molecule has 1 saturated heterocycles. The van der Waals surface area contributed by atoms with Gasteiger partial charge in [-0.1, -0.05) is 39.0 Å². The number of carbonyl (C=O) groups excluding carboxylic acids is 4. The molecule has 2 heterocycles. The SMILES string of the molecule is CC(C)(C)C(=O)COc1cc(C(=O)NC(CCC(=O)O)C(=O)N2CCN(C(=O)Oc3ccc(F)cc3)CC2)nn1-c1ccccc1.